The van der Waals surface area contributed by atoms with Crippen molar-refractivity contribution in [3.63, 3.8) is 0 Å². The zero-order chi connectivity index (χ0) is 12.5. The van der Waals surface area contributed by atoms with Crippen LogP contribution in [-0.4, -0.2) is 15.1 Å². The van der Waals surface area contributed by atoms with Gasteiger partial charge in [0.05, 0.1) is 5.69 Å². The number of rotatable bonds is 2. The van der Waals surface area contributed by atoms with Crippen molar-refractivity contribution in [2.75, 3.05) is 5.73 Å². The molecule has 0 atom stereocenters. The topological polar surface area (TPSA) is 77.8 Å². The van der Waals surface area contributed by atoms with Crippen molar-refractivity contribution in [3.8, 4) is 22.0 Å². The summed E-state index contributed by atoms with van der Waals surface area (Å²) in [7, 11) is 0. The van der Waals surface area contributed by atoms with Gasteiger partial charge in [-0.3, -0.25) is 0 Å². The zero-order valence-corrected chi connectivity index (χ0v) is 10.4. The fourth-order valence-corrected chi connectivity index (χ4v) is 2.44. The number of aromatic nitrogens is 3. The van der Waals surface area contributed by atoms with E-state index in [1.165, 1.54) is 11.3 Å². The molecule has 6 heteroatoms. The monoisotopic (exact) mass is 258 g/mol. The summed E-state index contributed by atoms with van der Waals surface area (Å²) in [6, 6.07) is 9.81. The fourth-order valence-electron chi connectivity index (χ4n) is 1.66. The summed E-state index contributed by atoms with van der Waals surface area (Å²) < 4.78 is 5.18. The first-order chi connectivity index (χ1) is 8.74. The molecule has 1 aromatic carbocycles. The minimum atomic E-state index is 0.459. The van der Waals surface area contributed by atoms with Crippen molar-refractivity contribution in [2.24, 2.45) is 0 Å². The lowest BCUT2D eigenvalue weighted by Gasteiger charge is -1.97. The molecule has 0 aliphatic heterocycles. The fraction of sp³-hybridized carbons (Fsp3) is 0.0833. The molecule has 0 spiro atoms. The Morgan fingerprint density at radius 2 is 1.94 bits per heavy atom. The summed E-state index contributed by atoms with van der Waals surface area (Å²) in [5, 5.41) is 4.27. The molecule has 5 nitrogen and oxygen atoms in total. The Balaban J connectivity index is 2.16. The van der Waals surface area contributed by atoms with E-state index in [1.807, 2.05) is 30.3 Å². The van der Waals surface area contributed by atoms with E-state index in [4.69, 9.17) is 10.3 Å². The number of aryl methyl sites for hydroxylation is 1. The summed E-state index contributed by atoms with van der Waals surface area (Å²) in [6.45, 7) is 1.78. The molecular formula is C12H10N4OS. The van der Waals surface area contributed by atoms with Gasteiger partial charge in [0, 0.05) is 5.56 Å². The van der Waals surface area contributed by atoms with Crippen molar-refractivity contribution in [3.05, 3.63) is 36.2 Å². The molecule has 0 amide bonds. The average molecular weight is 258 g/mol. The van der Waals surface area contributed by atoms with E-state index in [-0.39, 0.29) is 0 Å². The third kappa shape index (κ3) is 1.86. The van der Waals surface area contributed by atoms with Gasteiger partial charge in [-0.15, -0.1) is 0 Å². The van der Waals surface area contributed by atoms with E-state index in [1.54, 1.807) is 6.92 Å². The van der Waals surface area contributed by atoms with Crippen molar-refractivity contribution in [1.29, 1.82) is 0 Å². The van der Waals surface area contributed by atoms with E-state index in [0.29, 0.717) is 16.8 Å². The first-order valence-corrected chi connectivity index (χ1v) is 6.18. The van der Waals surface area contributed by atoms with Gasteiger partial charge in [-0.05, 0) is 6.92 Å². The van der Waals surface area contributed by atoms with Crippen LogP contribution in [0.25, 0.3) is 22.0 Å². The highest BCUT2D eigenvalue weighted by molar-refractivity contribution is 7.19. The second kappa shape index (κ2) is 4.23. The first-order valence-electron chi connectivity index (χ1n) is 5.36. The second-order valence-electron chi connectivity index (χ2n) is 3.74. The van der Waals surface area contributed by atoms with Gasteiger partial charge in [-0.2, -0.15) is 4.98 Å². The Labute approximate surface area is 107 Å². The van der Waals surface area contributed by atoms with Crippen LogP contribution < -0.4 is 5.73 Å². The molecule has 18 heavy (non-hydrogen) atoms. The molecule has 0 bridgehead atoms. The molecule has 0 unspecified atom stereocenters. The minimum absolute atomic E-state index is 0.459. The van der Waals surface area contributed by atoms with Crippen molar-refractivity contribution >= 4 is 16.5 Å². The maximum atomic E-state index is 5.78. The number of thiazole rings is 1. The molecule has 0 saturated heterocycles. The predicted molar refractivity (Wildman–Crippen MR) is 70.0 cm³/mol. The van der Waals surface area contributed by atoms with Crippen LogP contribution in [0.5, 0.6) is 0 Å². The van der Waals surface area contributed by atoms with Crippen LogP contribution in [-0.2, 0) is 0 Å². The third-order valence-corrected chi connectivity index (χ3v) is 3.29. The quantitative estimate of drug-likeness (QED) is 0.764. The molecule has 2 heterocycles. The van der Waals surface area contributed by atoms with Crippen molar-refractivity contribution < 1.29 is 4.52 Å². The Bertz CT molecular complexity index is 674. The highest BCUT2D eigenvalue weighted by Crippen LogP contribution is 2.36. The number of nitrogens with two attached hydrogens (primary N) is 1. The van der Waals surface area contributed by atoms with Crippen LogP contribution >= 0.6 is 11.3 Å². The lowest BCUT2D eigenvalue weighted by atomic mass is 10.1. The van der Waals surface area contributed by atoms with Crippen molar-refractivity contribution in [2.45, 2.75) is 6.92 Å². The van der Waals surface area contributed by atoms with Crippen LogP contribution in [0, 0.1) is 6.92 Å². The number of nitrogen functional groups attached to an aromatic ring is 1. The van der Waals surface area contributed by atoms with E-state index < -0.39 is 0 Å². The lowest BCUT2D eigenvalue weighted by Crippen LogP contribution is -1.84. The maximum absolute atomic E-state index is 5.78. The minimum Gasteiger partial charge on any atom is -0.375 e. The van der Waals surface area contributed by atoms with Crippen molar-refractivity contribution in [1.82, 2.24) is 15.1 Å². The van der Waals surface area contributed by atoms with Gasteiger partial charge in [0.25, 0.3) is 5.89 Å². The summed E-state index contributed by atoms with van der Waals surface area (Å²) in [4.78, 5) is 9.36. The third-order valence-electron chi connectivity index (χ3n) is 2.41. The van der Waals surface area contributed by atoms with E-state index >= 15 is 0 Å². The highest BCUT2D eigenvalue weighted by atomic mass is 32.1. The van der Waals surface area contributed by atoms with Gasteiger partial charge in [-0.25, -0.2) is 4.98 Å². The predicted octanol–water partition coefficient (Wildman–Crippen LogP) is 2.75. The van der Waals surface area contributed by atoms with Gasteiger partial charge in [-0.1, -0.05) is 46.8 Å². The largest absolute Gasteiger partial charge is 0.375 e. The van der Waals surface area contributed by atoms with Crippen LogP contribution in [0.15, 0.2) is 34.9 Å². The number of nitrogens with zero attached hydrogens (tertiary/aromatic N) is 3. The van der Waals surface area contributed by atoms with Gasteiger partial charge >= 0.3 is 0 Å². The lowest BCUT2D eigenvalue weighted by molar-refractivity contribution is 0.426. The molecule has 0 aliphatic carbocycles. The van der Waals surface area contributed by atoms with Crippen LogP contribution in [0.3, 0.4) is 0 Å². The molecule has 3 aromatic rings. The smallest absolute Gasteiger partial charge is 0.270 e. The zero-order valence-electron chi connectivity index (χ0n) is 9.62. The molecular weight excluding hydrogens is 248 g/mol. The Hall–Kier alpha value is -2.21. The molecule has 0 aliphatic rings. The first kappa shape index (κ1) is 10.9. The van der Waals surface area contributed by atoms with Gasteiger partial charge in [0.1, 0.15) is 4.88 Å². The summed E-state index contributed by atoms with van der Waals surface area (Å²) in [5.74, 6) is 1.05. The summed E-state index contributed by atoms with van der Waals surface area (Å²) in [6.07, 6.45) is 0. The number of anilines is 1. The van der Waals surface area contributed by atoms with Gasteiger partial charge < -0.3 is 10.3 Å². The normalized spacial score (nSPS) is 10.7. The van der Waals surface area contributed by atoms with E-state index in [2.05, 4.69) is 15.1 Å². The Morgan fingerprint density at radius 3 is 2.61 bits per heavy atom. The summed E-state index contributed by atoms with van der Waals surface area (Å²) >= 11 is 1.35. The standard InChI is InChI=1S/C12H10N4OS/c1-7-14-11(17-16-7)10-9(15-12(13)18-10)8-5-3-2-4-6-8/h2-6H,1H3,(H2,13,15). The van der Waals surface area contributed by atoms with E-state index in [0.717, 1.165) is 16.1 Å². The molecule has 0 fully saturated rings. The number of benzene rings is 1. The van der Waals surface area contributed by atoms with Crippen LogP contribution in [0.4, 0.5) is 5.13 Å². The Morgan fingerprint density at radius 1 is 1.17 bits per heavy atom. The molecule has 90 valence electrons. The van der Waals surface area contributed by atoms with Gasteiger partial charge in [0.15, 0.2) is 11.0 Å². The maximum Gasteiger partial charge on any atom is 0.270 e. The molecule has 2 N–H and O–H groups in total. The van der Waals surface area contributed by atoms with Crippen LogP contribution in [0.2, 0.25) is 0 Å². The number of hydrogen-bond donors (Lipinski definition) is 1. The van der Waals surface area contributed by atoms with E-state index in [9.17, 15) is 0 Å². The molecule has 0 saturated carbocycles. The SMILES string of the molecule is Cc1noc(-c2sc(N)nc2-c2ccccc2)n1. The molecule has 3 rings (SSSR count). The number of hydrogen-bond acceptors (Lipinski definition) is 6. The highest BCUT2D eigenvalue weighted by Gasteiger charge is 2.18. The van der Waals surface area contributed by atoms with Crippen LogP contribution in [0.1, 0.15) is 5.82 Å². The molecule has 0 radical (unpaired) electrons. The molecule has 2 aromatic heterocycles. The van der Waals surface area contributed by atoms with Gasteiger partial charge in [0.2, 0.25) is 0 Å². The second-order valence-corrected chi connectivity index (χ2v) is 4.77. The average Bonchev–Trinajstić information content (AvgIpc) is 2.96. The summed E-state index contributed by atoms with van der Waals surface area (Å²) in [5.41, 5.74) is 7.54. The Kier molecular flexibility index (Phi) is 2.56.